The van der Waals surface area contributed by atoms with Gasteiger partial charge < -0.3 is 4.98 Å². The number of aromatic amines is 1. The van der Waals surface area contributed by atoms with Crippen molar-refractivity contribution in [2.24, 2.45) is 0 Å². The summed E-state index contributed by atoms with van der Waals surface area (Å²) in [6.07, 6.45) is -3.94. The quantitative estimate of drug-likeness (QED) is 0.546. The molecule has 0 saturated heterocycles. The minimum atomic E-state index is -4.36. The Kier molecular flexibility index (Phi) is 4.07. The molecule has 0 spiro atoms. The molecule has 0 fully saturated rings. The molecule has 1 N–H and O–H groups in total. The van der Waals surface area contributed by atoms with Crippen LogP contribution >= 0.6 is 23.2 Å². The van der Waals surface area contributed by atoms with Crippen molar-refractivity contribution in [1.82, 2.24) is 4.98 Å². The van der Waals surface area contributed by atoms with E-state index in [0.29, 0.717) is 27.5 Å². The van der Waals surface area contributed by atoms with E-state index in [1.807, 2.05) is 6.07 Å². The van der Waals surface area contributed by atoms with Crippen molar-refractivity contribution in [1.29, 1.82) is 0 Å². The second-order valence-electron chi connectivity index (χ2n) is 5.42. The molecular formula is C17H12Cl2F3N. The molecule has 23 heavy (non-hydrogen) atoms. The number of H-pyrrole nitrogens is 1. The summed E-state index contributed by atoms with van der Waals surface area (Å²) in [7, 11) is 0. The summed E-state index contributed by atoms with van der Waals surface area (Å²) >= 11 is 12.3. The maximum Gasteiger partial charge on any atom is 0.416 e. The van der Waals surface area contributed by atoms with Gasteiger partial charge in [-0.15, -0.1) is 0 Å². The van der Waals surface area contributed by atoms with Gasteiger partial charge in [0, 0.05) is 33.1 Å². The number of nitrogens with one attached hydrogen (secondary N) is 1. The largest absolute Gasteiger partial charge is 0.416 e. The lowest BCUT2D eigenvalue weighted by atomic mass is 10.1. The minimum Gasteiger partial charge on any atom is -0.358 e. The third-order valence-corrected chi connectivity index (χ3v) is 4.47. The number of rotatable bonds is 2. The molecular weight excluding hydrogens is 346 g/mol. The lowest BCUT2D eigenvalue weighted by molar-refractivity contribution is -0.137. The molecule has 0 amide bonds. The second kappa shape index (κ2) is 5.77. The number of alkyl halides is 3. The molecule has 2 aromatic carbocycles. The van der Waals surface area contributed by atoms with Gasteiger partial charge in [-0.1, -0.05) is 29.3 Å². The molecule has 1 nitrogen and oxygen atoms in total. The van der Waals surface area contributed by atoms with Crippen LogP contribution in [0.25, 0.3) is 10.9 Å². The summed E-state index contributed by atoms with van der Waals surface area (Å²) in [6, 6.07) is 9.34. The standard InChI is InChI=1S/C17H12Cl2F3N/c1-9-5-10(17(20,21)22)6-16-12(9)7-11(23-16)8-13-14(18)3-2-4-15(13)19/h2-7,23H,8H2,1H3. The minimum absolute atomic E-state index is 0.425. The van der Waals surface area contributed by atoms with Crippen LogP contribution in [-0.2, 0) is 12.6 Å². The Morgan fingerprint density at radius 1 is 1.04 bits per heavy atom. The van der Waals surface area contributed by atoms with E-state index < -0.39 is 11.7 Å². The highest BCUT2D eigenvalue weighted by Crippen LogP contribution is 2.34. The molecule has 0 aliphatic carbocycles. The summed E-state index contributed by atoms with van der Waals surface area (Å²) < 4.78 is 38.7. The van der Waals surface area contributed by atoms with Crippen LogP contribution in [0.3, 0.4) is 0 Å². The molecule has 0 aliphatic rings. The molecule has 0 aliphatic heterocycles. The molecule has 0 bridgehead atoms. The first kappa shape index (κ1) is 16.2. The maximum atomic E-state index is 12.9. The van der Waals surface area contributed by atoms with Crippen molar-refractivity contribution in [3.63, 3.8) is 0 Å². The van der Waals surface area contributed by atoms with Crippen LogP contribution < -0.4 is 0 Å². The first-order valence-corrected chi connectivity index (χ1v) is 7.63. The fourth-order valence-electron chi connectivity index (χ4n) is 2.63. The van der Waals surface area contributed by atoms with Crippen molar-refractivity contribution >= 4 is 34.1 Å². The smallest absolute Gasteiger partial charge is 0.358 e. The van der Waals surface area contributed by atoms with E-state index in [1.54, 1.807) is 25.1 Å². The average Bonchev–Trinajstić information content (AvgIpc) is 2.85. The van der Waals surface area contributed by atoms with Crippen molar-refractivity contribution in [3.05, 3.63) is 68.8 Å². The molecule has 120 valence electrons. The summed E-state index contributed by atoms with van der Waals surface area (Å²) in [5, 5.41) is 1.82. The second-order valence-corrected chi connectivity index (χ2v) is 6.24. The van der Waals surface area contributed by atoms with E-state index in [0.717, 1.165) is 28.8 Å². The fourth-order valence-corrected chi connectivity index (χ4v) is 3.16. The number of hydrogen-bond acceptors (Lipinski definition) is 0. The van der Waals surface area contributed by atoms with E-state index in [2.05, 4.69) is 4.98 Å². The van der Waals surface area contributed by atoms with Gasteiger partial charge in [0.2, 0.25) is 0 Å². The van der Waals surface area contributed by atoms with E-state index in [1.165, 1.54) is 0 Å². The number of fused-ring (bicyclic) bond motifs is 1. The Labute approximate surface area is 141 Å². The van der Waals surface area contributed by atoms with E-state index >= 15 is 0 Å². The van der Waals surface area contributed by atoms with Crippen LogP contribution in [0.5, 0.6) is 0 Å². The van der Waals surface area contributed by atoms with Gasteiger partial charge in [-0.3, -0.25) is 0 Å². The van der Waals surface area contributed by atoms with Crippen LogP contribution in [0.15, 0.2) is 36.4 Å². The van der Waals surface area contributed by atoms with Gasteiger partial charge in [-0.2, -0.15) is 13.2 Å². The van der Waals surface area contributed by atoms with Gasteiger partial charge in [0.1, 0.15) is 0 Å². The summed E-state index contributed by atoms with van der Waals surface area (Å²) in [4.78, 5) is 3.03. The van der Waals surface area contributed by atoms with Crippen molar-refractivity contribution in [2.45, 2.75) is 19.5 Å². The number of aryl methyl sites for hydroxylation is 1. The summed E-state index contributed by atoms with van der Waals surface area (Å²) in [5.41, 5.74) is 1.87. The molecule has 0 radical (unpaired) electrons. The highest BCUT2D eigenvalue weighted by molar-refractivity contribution is 6.36. The average molecular weight is 358 g/mol. The summed E-state index contributed by atoms with van der Waals surface area (Å²) in [5.74, 6) is 0. The van der Waals surface area contributed by atoms with Crippen LogP contribution in [0.1, 0.15) is 22.4 Å². The molecule has 3 aromatic rings. The summed E-state index contributed by atoms with van der Waals surface area (Å²) in [6.45, 7) is 1.66. The van der Waals surface area contributed by atoms with Crippen molar-refractivity contribution in [2.75, 3.05) is 0 Å². The predicted molar refractivity (Wildman–Crippen MR) is 87.3 cm³/mol. The zero-order chi connectivity index (χ0) is 16.8. The number of benzene rings is 2. The molecule has 1 heterocycles. The third kappa shape index (κ3) is 3.19. The monoisotopic (exact) mass is 357 g/mol. The maximum absolute atomic E-state index is 12.9. The van der Waals surface area contributed by atoms with E-state index in [-0.39, 0.29) is 0 Å². The number of halogens is 5. The zero-order valence-electron chi connectivity index (χ0n) is 12.1. The van der Waals surface area contributed by atoms with Gasteiger partial charge >= 0.3 is 6.18 Å². The lowest BCUT2D eigenvalue weighted by Gasteiger charge is -2.08. The highest BCUT2D eigenvalue weighted by Gasteiger charge is 2.31. The Balaban J connectivity index is 2.05. The predicted octanol–water partition coefficient (Wildman–Crippen LogP) is 6.39. The molecule has 6 heteroatoms. The van der Waals surface area contributed by atoms with Crippen LogP contribution in [0, 0.1) is 6.92 Å². The molecule has 0 unspecified atom stereocenters. The Bertz CT molecular complexity index is 861. The number of aromatic nitrogens is 1. The SMILES string of the molecule is Cc1cc(C(F)(F)F)cc2[nH]c(Cc3c(Cl)cccc3Cl)cc12. The van der Waals surface area contributed by atoms with Crippen LogP contribution in [0.2, 0.25) is 10.0 Å². The highest BCUT2D eigenvalue weighted by atomic mass is 35.5. The molecule has 3 rings (SSSR count). The van der Waals surface area contributed by atoms with Crippen molar-refractivity contribution in [3.8, 4) is 0 Å². The normalized spacial score (nSPS) is 12.1. The zero-order valence-corrected chi connectivity index (χ0v) is 13.6. The van der Waals surface area contributed by atoms with Gasteiger partial charge in [-0.05, 0) is 48.4 Å². The molecule has 1 aromatic heterocycles. The van der Waals surface area contributed by atoms with Crippen LogP contribution in [-0.4, -0.2) is 4.98 Å². The topological polar surface area (TPSA) is 15.8 Å². The molecule has 0 saturated carbocycles. The fraction of sp³-hybridized carbons (Fsp3) is 0.176. The lowest BCUT2D eigenvalue weighted by Crippen LogP contribution is -2.04. The molecule has 0 atom stereocenters. The van der Waals surface area contributed by atoms with Gasteiger partial charge in [0.25, 0.3) is 0 Å². The van der Waals surface area contributed by atoms with Crippen LogP contribution in [0.4, 0.5) is 13.2 Å². The van der Waals surface area contributed by atoms with Gasteiger partial charge in [-0.25, -0.2) is 0 Å². The van der Waals surface area contributed by atoms with E-state index in [4.69, 9.17) is 23.2 Å². The first-order chi connectivity index (χ1) is 10.8. The van der Waals surface area contributed by atoms with Crippen molar-refractivity contribution < 1.29 is 13.2 Å². The van der Waals surface area contributed by atoms with Gasteiger partial charge in [0.05, 0.1) is 5.56 Å². The van der Waals surface area contributed by atoms with E-state index in [9.17, 15) is 13.2 Å². The Hall–Kier alpha value is -1.65. The van der Waals surface area contributed by atoms with Gasteiger partial charge in [0.15, 0.2) is 0 Å². The Morgan fingerprint density at radius 2 is 1.70 bits per heavy atom. The number of hydrogen-bond donors (Lipinski definition) is 1. The Morgan fingerprint density at radius 3 is 2.30 bits per heavy atom. The third-order valence-electron chi connectivity index (χ3n) is 3.76. The first-order valence-electron chi connectivity index (χ1n) is 6.88.